The van der Waals surface area contributed by atoms with Crippen LogP contribution < -0.4 is 4.74 Å². The van der Waals surface area contributed by atoms with Crippen molar-refractivity contribution >= 4 is 5.91 Å². The number of carbonyl (C=O) groups excluding carboxylic acids is 1. The van der Waals surface area contributed by atoms with Crippen molar-refractivity contribution in [1.82, 2.24) is 4.90 Å². The van der Waals surface area contributed by atoms with Crippen LogP contribution in [0.25, 0.3) is 0 Å². The van der Waals surface area contributed by atoms with E-state index in [4.69, 9.17) is 4.74 Å². The van der Waals surface area contributed by atoms with Crippen molar-refractivity contribution in [3.05, 3.63) is 29.8 Å². The van der Waals surface area contributed by atoms with Gasteiger partial charge in [0.25, 0.3) is 0 Å². The van der Waals surface area contributed by atoms with Gasteiger partial charge >= 0.3 is 0 Å². The third kappa shape index (κ3) is 5.07. The van der Waals surface area contributed by atoms with Crippen molar-refractivity contribution < 1.29 is 9.53 Å². The fourth-order valence-electron chi connectivity index (χ4n) is 2.61. The fraction of sp³-hybridized carbons (Fsp3) is 0.611. The van der Waals surface area contributed by atoms with Crippen molar-refractivity contribution in [2.45, 2.75) is 46.0 Å². The van der Waals surface area contributed by atoms with E-state index in [2.05, 4.69) is 17.9 Å². The van der Waals surface area contributed by atoms with Gasteiger partial charge in [0.1, 0.15) is 5.75 Å². The van der Waals surface area contributed by atoms with Crippen molar-refractivity contribution in [1.29, 1.82) is 0 Å². The minimum absolute atomic E-state index is 0.287. The summed E-state index contributed by atoms with van der Waals surface area (Å²) >= 11 is 0. The molecule has 1 aliphatic rings. The van der Waals surface area contributed by atoms with Crippen LogP contribution in [-0.4, -0.2) is 30.5 Å². The highest BCUT2D eigenvalue weighted by molar-refractivity contribution is 5.76. The van der Waals surface area contributed by atoms with Crippen molar-refractivity contribution in [2.24, 2.45) is 5.92 Å². The summed E-state index contributed by atoms with van der Waals surface area (Å²) in [6.45, 7) is 6.63. The van der Waals surface area contributed by atoms with Crippen LogP contribution in [0.3, 0.4) is 0 Å². The van der Waals surface area contributed by atoms with Crippen LogP contribution in [-0.2, 0) is 11.2 Å². The summed E-state index contributed by atoms with van der Waals surface area (Å²) < 4.78 is 5.63. The lowest BCUT2D eigenvalue weighted by Crippen LogP contribution is -2.33. The average Bonchev–Trinajstić information content (AvgIpc) is 3.30. The maximum absolute atomic E-state index is 12.4. The Labute approximate surface area is 128 Å². The summed E-state index contributed by atoms with van der Waals surface area (Å²) in [5.41, 5.74) is 1.13. The first-order valence-electron chi connectivity index (χ1n) is 8.23. The van der Waals surface area contributed by atoms with Crippen LogP contribution in [0.4, 0.5) is 0 Å². The Kier molecular flexibility index (Phi) is 6.09. The van der Waals surface area contributed by atoms with E-state index < -0.39 is 0 Å². The summed E-state index contributed by atoms with van der Waals surface area (Å²) in [6, 6.07) is 8.03. The molecule has 0 radical (unpaired) electrons. The number of benzene rings is 1. The van der Waals surface area contributed by atoms with Gasteiger partial charge in [0, 0.05) is 19.5 Å². The van der Waals surface area contributed by atoms with Gasteiger partial charge < -0.3 is 9.64 Å². The van der Waals surface area contributed by atoms with Crippen LogP contribution >= 0.6 is 0 Å². The first-order chi connectivity index (χ1) is 10.2. The van der Waals surface area contributed by atoms with Gasteiger partial charge in [-0.2, -0.15) is 0 Å². The molecule has 3 nitrogen and oxygen atoms in total. The van der Waals surface area contributed by atoms with E-state index in [9.17, 15) is 4.79 Å². The van der Waals surface area contributed by atoms with Crippen LogP contribution in [0.1, 0.15) is 45.1 Å². The Hall–Kier alpha value is -1.51. The molecule has 0 bridgehead atoms. The SMILES string of the molecule is CCCN(CC1CC1)C(=O)CCc1ccccc1OCC. The van der Waals surface area contributed by atoms with E-state index in [1.807, 2.05) is 25.1 Å². The number of hydrogen-bond donors (Lipinski definition) is 0. The zero-order valence-corrected chi connectivity index (χ0v) is 13.3. The largest absolute Gasteiger partial charge is 0.494 e. The molecule has 1 aromatic rings. The third-order valence-electron chi connectivity index (χ3n) is 3.90. The quantitative estimate of drug-likeness (QED) is 0.694. The number of para-hydroxylation sites is 1. The molecule has 0 aliphatic heterocycles. The highest BCUT2D eigenvalue weighted by atomic mass is 16.5. The van der Waals surface area contributed by atoms with Gasteiger partial charge in [-0.15, -0.1) is 0 Å². The summed E-state index contributed by atoms with van der Waals surface area (Å²) in [5.74, 6) is 1.96. The van der Waals surface area contributed by atoms with E-state index in [1.165, 1.54) is 12.8 Å². The standard InChI is InChI=1S/C18H27NO2/c1-3-13-19(14-15-9-10-15)18(20)12-11-16-7-5-6-8-17(16)21-4-2/h5-8,15H,3-4,9-14H2,1-2H3. The molecule has 21 heavy (non-hydrogen) atoms. The second-order valence-electron chi connectivity index (χ2n) is 5.82. The lowest BCUT2D eigenvalue weighted by atomic mass is 10.1. The first kappa shape index (κ1) is 15.9. The van der Waals surface area contributed by atoms with E-state index in [-0.39, 0.29) is 5.91 Å². The van der Waals surface area contributed by atoms with Gasteiger partial charge in [0.2, 0.25) is 5.91 Å². The molecule has 3 heteroatoms. The van der Waals surface area contributed by atoms with Gasteiger partial charge in [-0.3, -0.25) is 4.79 Å². The van der Waals surface area contributed by atoms with Crippen LogP contribution in [0.5, 0.6) is 5.75 Å². The first-order valence-corrected chi connectivity index (χ1v) is 8.23. The van der Waals surface area contributed by atoms with Crippen LogP contribution in [0, 0.1) is 5.92 Å². The van der Waals surface area contributed by atoms with Gasteiger partial charge in [-0.05, 0) is 50.2 Å². The predicted molar refractivity (Wildman–Crippen MR) is 85.5 cm³/mol. The van der Waals surface area contributed by atoms with Crippen LogP contribution in [0.15, 0.2) is 24.3 Å². The second kappa shape index (κ2) is 8.06. The summed E-state index contributed by atoms with van der Waals surface area (Å²) in [7, 11) is 0. The molecule has 116 valence electrons. The lowest BCUT2D eigenvalue weighted by Gasteiger charge is -2.22. The van der Waals surface area contributed by atoms with Gasteiger partial charge in [0.05, 0.1) is 6.61 Å². The minimum atomic E-state index is 0.287. The number of hydrogen-bond acceptors (Lipinski definition) is 2. The topological polar surface area (TPSA) is 29.5 Å². The summed E-state index contributed by atoms with van der Waals surface area (Å²) in [5, 5.41) is 0. The third-order valence-corrected chi connectivity index (χ3v) is 3.90. The number of amides is 1. The van der Waals surface area contributed by atoms with E-state index in [1.54, 1.807) is 0 Å². The van der Waals surface area contributed by atoms with Gasteiger partial charge in [0.15, 0.2) is 0 Å². The number of aryl methyl sites for hydroxylation is 1. The Bertz CT molecular complexity index is 454. The zero-order chi connectivity index (χ0) is 15.1. The molecular weight excluding hydrogens is 262 g/mol. The summed E-state index contributed by atoms with van der Waals surface area (Å²) in [4.78, 5) is 14.5. The molecule has 0 aromatic heterocycles. The molecule has 2 rings (SSSR count). The molecule has 1 amide bonds. The number of carbonyl (C=O) groups is 1. The molecule has 1 aliphatic carbocycles. The van der Waals surface area contributed by atoms with Crippen molar-refractivity contribution in [3.8, 4) is 5.75 Å². The maximum atomic E-state index is 12.4. The Balaban J connectivity index is 1.89. The second-order valence-corrected chi connectivity index (χ2v) is 5.82. The smallest absolute Gasteiger partial charge is 0.222 e. The van der Waals surface area contributed by atoms with E-state index in [0.29, 0.717) is 13.0 Å². The Morgan fingerprint density at radius 3 is 2.71 bits per heavy atom. The number of rotatable bonds is 9. The average molecular weight is 289 g/mol. The molecule has 0 spiro atoms. The fourth-order valence-corrected chi connectivity index (χ4v) is 2.61. The normalized spacial score (nSPS) is 14.0. The molecule has 1 fully saturated rings. The molecule has 0 heterocycles. The molecular formula is C18H27NO2. The molecule has 1 aromatic carbocycles. The molecule has 0 unspecified atom stereocenters. The van der Waals surface area contributed by atoms with Crippen molar-refractivity contribution in [2.75, 3.05) is 19.7 Å². The Morgan fingerprint density at radius 2 is 2.05 bits per heavy atom. The molecule has 0 saturated heterocycles. The predicted octanol–water partition coefficient (Wildman–Crippen LogP) is 3.67. The van der Waals surface area contributed by atoms with E-state index in [0.717, 1.165) is 43.2 Å². The lowest BCUT2D eigenvalue weighted by molar-refractivity contribution is -0.131. The summed E-state index contributed by atoms with van der Waals surface area (Å²) in [6.07, 6.45) is 4.96. The Morgan fingerprint density at radius 1 is 1.29 bits per heavy atom. The monoisotopic (exact) mass is 289 g/mol. The molecule has 1 saturated carbocycles. The van der Waals surface area contributed by atoms with Gasteiger partial charge in [-0.25, -0.2) is 0 Å². The highest BCUT2D eigenvalue weighted by Gasteiger charge is 2.26. The van der Waals surface area contributed by atoms with E-state index >= 15 is 0 Å². The number of ether oxygens (including phenoxy) is 1. The molecule has 0 atom stereocenters. The van der Waals surface area contributed by atoms with Crippen LogP contribution in [0.2, 0.25) is 0 Å². The maximum Gasteiger partial charge on any atom is 0.222 e. The highest BCUT2D eigenvalue weighted by Crippen LogP contribution is 2.30. The minimum Gasteiger partial charge on any atom is -0.494 e. The number of nitrogens with zero attached hydrogens (tertiary/aromatic N) is 1. The zero-order valence-electron chi connectivity index (χ0n) is 13.3. The molecule has 0 N–H and O–H groups in total. The van der Waals surface area contributed by atoms with Gasteiger partial charge in [-0.1, -0.05) is 25.1 Å². The van der Waals surface area contributed by atoms with Crippen molar-refractivity contribution in [3.63, 3.8) is 0 Å².